The minimum absolute atomic E-state index is 0.108. The maximum Gasteiger partial charge on any atom is 0.472 e. The van der Waals surface area contributed by atoms with E-state index in [9.17, 15) is 43.2 Å². The van der Waals surface area contributed by atoms with E-state index in [1.54, 1.807) is 0 Å². The number of rotatable bonds is 76. The highest BCUT2D eigenvalue weighted by Crippen LogP contribution is 2.45. The van der Waals surface area contributed by atoms with E-state index in [1.807, 2.05) is 0 Å². The molecule has 0 aromatic carbocycles. The summed E-state index contributed by atoms with van der Waals surface area (Å²) in [7, 11) is -9.91. The number of carbonyl (C=O) groups is 4. The number of phosphoric acid groups is 2. The highest BCUT2D eigenvalue weighted by molar-refractivity contribution is 7.47. The molecule has 17 nitrogen and oxygen atoms in total. The highest BCUT2D eigenvalue weighted by atomic mass is 31.2. The maximum absolute atomic E-state index is 13.1. The SMILES string of the molecule is CCCCCCCCCCCCCCCCCC(=O)OC[C@H](COP(=O)(O)OC[C@@H](O)COP(=O)(O)OC[C@@H](COC(=O)CCCCCCCCCCC)OC(=O)CCCCCCCCCCCCCCC)OC(=O)CCCCCCCCCCCCCCCCC(C)CC. The molecule has 3 unspecified atom stereocenters. The quantitative estimate of drug-likeness (QED) is 0.0222. The van der Waals surface area contributed by atoms with Crippen molar-refractivity contribution in [1.29, 1.82) is 0 Å². The van der Waals surface area contributed by atoms with Crippen LogP contribution in [0, 0.1) is 5.92 Å². The summed E-state index contributed by atoms with van der Waals surface area (Å²) in [4.78, 5) is 72.8. The molecule has 0 spiro atoms. The Labute approximate surface area is 581 Å². The summed E-state index contributed by atoms with van der Waals surface area (Å²) in [6, 6.07) is 0. The topological polar surface area (TPSA) is 237 Å². The zero-order valence-corrected chi connectivity index (χ0v) is 63.6. The predicted octanol–water partition coefficient (Wildman–Crippen LogP) is 22.5. The molecule has 95 heavy (non-hydrogen) atoms. The molecule has 19 heteroatoms. The number of phosphoric ester groups is 2. The van der Waals surface area contributed by atoms with Gasteiger partial charge in [-0.25, -0.2) is 9.13 Å². The van der Waals surface area contributed by atoms with Gasteiger partial charge in [0.2, 0.25) is 0 Å². The first kappa shape index (κ1) is 93.1. The van der Waals surface area contributed by atoms with Crippen molar-refractivity contribution in [2.45, 2.75) is 419 Å². The summed E-state index contributed by atoms with van der Waals surface area (Å²) in [5.41, 5.74) is 0. The van der Waals surface area contributed by atoms with Crippen LogP contribution in [0.15, 0.2) is 0 Å². The lowest BCUT2D eigenvalue weighted by Crippen LogP contribution is -2.30. The van der Waals surface area contributed by atoms with Crippen molar-refractivity contribution < 1.29 is 80.2 Å². The molecule has 0 aliphatic heterocycles. The maximum atomic E-state index is 13.1. The number of carbonyl (C=O) groups excluding carboxylic acids is 4. The molecule has 0 aliphatic carbocycles. The fraction of sp³-hybridized carbons (Fsp3) is 0.947. The van der Waals surface area contributed by atoms with E-state index in [4.69, 9.17) is 37.0 Å². The Bertz CT molecular complexity index is 1820. The number of aliphatic hydroxyl groups is 1. The number of unbranched alkanes of at least 4 members (excludes halogenated alkanes) is 47. The smallest absolute Gasteiger partial charge is 0.462 e. The summed E-state index contributed by atoms with van der Waals surface area (Å²) < 4.78 is 68.5. The summed E-state index contributed by atoms with van der Waals surface area (Å²) in [6.45, 7) is 7.34. The second-order valence-corrected chi connectivity index (χ2v) is 30.5. The van der Waals surface area contributed by atoms with Crippen LogP contribution in [0.5, 0.6) is 0 Å². The van der Waals surface area contributed by atoms with Gasteiger partial charge in [-0.3, -0.25) is 37.3 Å². The molecule has 0 bridgehead atoms. The Morgan fingerprint density at radius 1 is 0.295 bits per heavy atom. The van der Waals surface area contributed by atoms with Crippen molar-refractivity contribution in [1.82, 2.24) is 0 Å². The van der Waals surface area contributed by atoms with Crippen LogP contribution in [0.25, 0.3) is 0 Å². The lowest BCUT2D eigenvalue weighted by atomic mass is 9.99. The second-order valence-electron chi connectivity index (χ2n) is 27.6. The van der Waals surface area contributed by atoms with Gasteiger partial charge in [-0.2, -0.15) is 0 Å². The largest absolute Gasteiger partial charge is 0.472 e. The van der Waals surface area contributed by atoms with Crippen LogP contribution < -0.4 is 0 Å². The Hall–Kier alpha value is -1.94. The Morgan fingerprint density at radius 3 is 0.747 bits per heavy atom. The van der Waals surface area contributed by atoms with Gasteiger partial charge in [0.25, 0.3) is 0 Å². The summed E-state index contributed by atoms with van der Waals surface area (Å²) in [5, 5.41) is 10.6. The second kappa shape index (κ2) is 69.2. The number of hydrogen-bond donors (Lipinski definition) is 3. The summed E-state index contributed by atoms with van der Waals surface area (Å²) in [6.07, 6.45) is 58.1. The fourth-order valence-electron chi connectivity index (χ4n) is 11.7. The third kappa shape index (κ3) is 69.0. The van der Waals surface area contributed by atoms with Crippen molar-refractivity contribution in [3.63, 3.8) is 0 Å². The monoisotopic (exact) mass is 1400 g/mol. The molecule has 0 heterocycles. The van der Waals surface area contributed by atoms with Crippen molar-refractivity contribution in [2.24, 2.45) is 5.92 Å². The lowest BCUT2D eigenvalue weighted by Gasteiger charge is -2.21. The van der Waals surface area contributed by atoms with Gasteiger partial charge >= 0.3 is 39.5 Å². The first-order valence-corrected chi connectivity index (χ1v) is 42.7. The Kier molecular flexibility index (Phi) is 67.7. The fourth-order valence-corrected chi connectivity index (χ4v) is 13.3. The Balaban J connectivity index is 5.23. The van der Waals surface area contributed by atoms with Crippen molar-refractivity contribution in [2.75, 3.05) is 39.6 Å². The number of hydrogen-bond acceptors (Lipinski definition) is 15. The van der Waals surface area contributed by atoms with E-state index in [2.05, 4.69) is 34.6 Å². The van der Waals surface area contributed by atoms with Crippen LogP contribution in [0.1, 0.15) is 401 Å². The van der Waals surface area contributed by atoms with Crippen molar-refractivity contribution >= 4 is 39.5 Å². The van der Waals surface area contributed by atoms with E-state index >= 15 is 0 Å². The van der Waals surface area contributed by atoms with E-state index in [1.165, 1.54) is 225 Å². The lowest BCUT2D eigenvalue weighted by molar-refractivity contribution is -0.161. The molecule has 0 rings (SSSR count). The molecule has 0 aromatic heterocycles. The molecule has 6 atom stereocenters. The molecule has 0 fully saturated rings. The van der Waals surface area contributed by atoms with Crippen LogP contribution in [-0.4, -0.2) is 96.7 Å². The van der Waals surface area contributed by atoms with Crippen LogP contribution in [0.4, 0.5) is 0 Å². The highest BCUT2D eigenvalue weighted by Gasteiger charge is 2.30. The van der Waals surface area contributed by atoms with E-state index in [-0.39, 0.29) is 25.7 Å². The average molecular weight is 1400 g/mol. The molecular weight excluding hydrogens is 1250 g/mol. The van der Waals surface area contributed by atoms with Gasteiger partial charge in [-0.15, -0.1) is 0 Å². The molecule has 0 radical (unpaired) electrons. The molecule has 0 aliphatic rings. The van der Waals surface area contributed by atoms with Crippen molar-refractivity contribution in [3.8, 4) is 0 Å². The third-order valence-corrected chi connectivity index (χ3v) is 20.0. The molecule has 0 aromatic rings. The van der Waals surface area contributed by atoms with Gasteiger partial charge < -0.3 is 33.8 Å². The van der Waals surface area contributed by atoms with E-state index in [0.717, 1.165) is 95.8 Å². The Morgan fingerprint density at radius 2 is 0.505 bits per heavy atom. The number of aliphatic hydroxyl groups excluding tert-OH is 1. The van der Waals surface area contributed by atoms with E-state index in [0.29, 0.717) is 25.7 Å². The van der Waals surface area contributed by atoms with Gasteiger partial charge in [0.15, 0.2) is 12.2 Å². The first-order chi connectivity index (χ1) is 46.1. The van der Waals surface area contributed by atoms with Gasteiger partial charge in [0.1, 0.15) is 19.3 Å². The first-order valence-electron chi connectivity index (χ1n) is 39.7. The van der Waals surface area contributed by atoms with Gasteiger partial charge in [-0.1, -0.05) is 349 Å². The van der Waals surface area contributed by atoms with Gasteiger partial charge in [0, 0.05) is 25.7 Å². The number of ether oxygens (including phenoxy) is 4. The predicted molar refractivity (Wildman–Crippen MR) is 386 cm³/mol. The summed E-state index contributed by atoms with van der Waals surface area (Å²) in [5.74, 6) is -1.27. The molecule has 0 saturated heterocycles. The third-order valence-electron chi connectivity index (χ3n) is 18.1. The zero-order valence-electron chi connectivity index (χ0n) is 61.8. The normalized spacial score (nSPS) is 14.2. The van der Waals surface area contributed by atoms with Crippen LogP contribution >= 0.6 is 15.6 Å². The number of esters is 4. The van der Waals surface area contributed by atoms with Gasteiger partial charge in [0.05, 0.1) is 26.4 Å². The molecular formula is C76H148O17P2. The van der Waals surface area contributed by atoms with Crippen molar-refractivity contribution in [3.05, 3.63) is 0 Å². The minimum atomic E-state index is -4.96. The zero-order chi connectivity index (χ0) is 69.8. The van der Waals surface area contributed by atoms with Crippen LogP contribution in [-0.2, 0) is 65.4 Å². The molecule has 0 saturated carbocycles. The molecule has 564 valence electrons. The summed E-state index contributed by atoms with van der Waals surface area (Å²) >= 11 is 0. The molecule has 3 N–H and O–H groups in total. The van der Waals surface area contributed by atoms with Crippen LogP contribution in [0.2, 0.25) is 0 Å². The van der Waals surface area contributed by atoms with Gasteiger partial charge in [-0.05, 0) is 31.6 Å². The average Bonchev–Trinajstić information content (AvgIpc) is 2.56. The van der Waals surface area contributed by atoms with Crippen LogP contribution in [0.3, 0.4) is 0 Å². The van der Waals surface area contributed by atoms with E-state index < -0.39 is 97.5 Å². The standard InChI is InChI=1S/C76H148O17P2/c1-6-10-13-16-19-22-24-26-27-32-35-40-45-50-55-60-74(79)87-66-72(93-76(81)62-57-52-47-42-37-33-29-28-31-34-39-43-48-53-58-69(5)9-4)68-91-95(84,85)89-64-70(77)63-88-94(82,83)90-67-71(65-86-73(78)59-54-49-44-38-21-18-15-12-8-3)92-75(80)61-56-51-46-41-36-30-25-23-20-17-14-11-7-2/h69-72,77H,6-68H2,1-5H3,(H,82,83)(H,84,85)/t69?,70-,71+,72+/m0/s1. The minimum Gasteiger partial charge on any atom is -0.462 e. The molecule has 0 amide bonds.